The van der Waals surface area contributed by atoms with Crippen LogP contribution in [0.15, 0.2) is 11.6 Å². The average molecular weight is 284 g/mol. The van der Waals surface area contributed by atoms with Crippen molar-refractivity contribution in [3.8, 4) is 0 Å². The highest BCUT2D eigenvalue weighted by atomic mass is 32.1. The summed E-state index contributed by atoms with van der Waals surface area (Å²) in [6, 6.07) is -0.386. The minimum atomic E-state index is -0.576. The van der Waals surface area contributed by atoms with Gasteiger partial charge in [0, 0.05) is 18.1 Å². The molecule has 2 atom stereocenters. The number of aliphatic hydroxyl groups excluding tert-OH is 1. The van der Waals surface area contributed by atoms with Crippen LogP contribution in [-0.2, 0) is 4.74 Å². The predicted octanol–water partition coefficient (Wildman–Crippen LogP) is 2.58. The van der Waals surface area contributed by atoms with Crippen LogP contribution in [0.2, 0.25) is 0 Å². The zero-order valence-electron chi connectivity index (χ0n) is 11.5. The van der Waals surface area contributed by atoms with Gasteiger partial charge in [-0.3, -0.25) is 4.90 Å². The van der Waals surface area contributed by atoms with Crippen LogP contribution in [0.1, 0.15) is 44.7 Å². The first-order valence-corrected chi connectivity index (χ1v) is 7.33. The van der Waals surface area contributed by atoms with E-state index in [2.05, 4.69) is 4.98 Å². The van der Waals surface area contributed by atoms with Gasteiger partial charge in [-0.05, 0) is 33.6 Å². The van der Waals surface area contributed by atoms with Gasteiger partial charge in [0.1, 0.15) is 16.7 Å². The van der Waals surface area contributed by atoms with Crippen LogP contribution in [-0.4, -0.2) is 39.3 Å². The Balaban J connectivity index is 2.19. The number of likely N-dealkylation sites (tertiary alicyclic amines) is 1. The molecule has 0 spiro atoms. The van der Waals surface area contributed by atoms with Crippen molar-refractivity contribution in [1.29, 1.82) is 0 Å². The Morgan fingerprint density at radius 3 is 2.89 bits per heavy atom. The lowest BCUT2D eigenvalue weighted by atomic mass is 10.00. The van der Waals surface area contributed by atoms with Crippen molar-refractivity contribution in [2.75, 3.05) is 6.54 Å². The van der Waals surface area contributed by atoms with Gasteiger partial charge in [-0.1, -0.05) is 0 Å². The Labute approximate surface area is 117 Å². The quantitative estimate of drug-likeness (QED) is 0.861. The SMILES string of the molecule is CC(C)(C)OC(=O)N1CCCC(O)C1c1nccs1. The molecule has 106 valence electrons. The van der Waals surface area contributed by atoms with Gasteiger partial charge in [-0.25, -0.2) is 9.78 Å². The molecule has 0 saturated carbocycles. The van der Waals surface area contributed by atoms with E-state index < -0.39 is 11.7 Å². The summed E-state index contributed by atoms with van der Waals surface area (Å²) in [5, 5.41) is 12.8. The number of aromatic nitrogens is 1. The Kier molecular flexibility index (Phi) is 4.10. The molecule has 1 fully saturated rings. The lowest BCUT2D eigenvalue weighted by Gasteiger charge is -2.38. The zero-order valence-corrected chi connectivity index (χ0v) is 12.3. The topological polar surface area (TPSA) is 62.7 Å². The Hall–Kier alpha value is -1.14. The molecule has 1 N–H and O–H groups in total. The van der Waals surface area contributed by atoms with Crippen molar-refractivity contribution < 1.29 is 14.6 Å². The summed E-state index contributed by atoms with van der Waals surface area (Å²) in [5.41, 5.74) is -0.535. The van der Waals surface area contributed by atoms with E-state index in [9.17, 15) is 9.90 Å². The molecule has 1 amide bonds. The number of nitrogens with zero attached hydrogens (tertiary/aromatic N) is 2. The summed E-state index contributed by atoms with van der Waals surface area (Å²) in [6.45, 7) is 6.10. The van der Waals surface area contributed by atoms with Crippen molar-refractivity contribution in [3.63, 3.8) is 0 Å². The van der Waals surface area contributed by atoms with Crippen LogP contribution in [0.5, 0.6) is 0 Å². The smallest absolute Gasteiger partial charge is 0.410 e. The van der Waals surface area contributed by atoms with E-state index in [1.54, 1.807) is 11.1 Å². The number of hydrogen-bond acceptors (Lipinski definition) is 5. The van der Waals surface area contributed by atoms with E-state index in [1.807, 2.05) is 26.2 Å². The third-order valence-electron chi connectivity index (χ3n) is 2.93. The zero-order chi connectivity index (χ0) is 14.0. The number of thiazole rings is 1. The Morgan fingerprint density at radius 1 is 1.58 bits per heavy atom. The summed E-state index contributed by atoms with van der Waals surface area (Å²) in [5.74, 6) is 0. The van der Waals surface area contributed by atoms with Crippen molar-refractivity contribution in [1.82, 2.24) is 9.88 Å². The van der Waals surface area contributed by atoms with Crippen molar-refractivity contribution in [3.05, 3.63) is 16.6 Å². The van der Waals surface area contributed by atoms with Gasteiger partial charge in [0.25, 0.3) is 0 Å². The van der Waals surface area contributed by atoms with E-state index in [0.29, 0.717) is 13.0 Å². The second-order valence-corrected chi connectivity index (χ2v) is 6.62. The predicted molar refractivity (Wildman–Crippen MR) is 73.0 cm³/mol. The van der Waals surface area contributed by atoms with Crippen molar-refractivity contribution >= 4 is 17.4 Å². The van der Waals surface area contributed by atoms with Gasteiger partial charge in [0.2, 0.25) is 0 Å². The van der Waals surface area contributed by atoms with E-state index in [-0.39, 0.29) is 12.1 Å². The molecule has 1 aliphatic heterocycles. The number of amides is 1. The molecule has 1 aromatic heterocycles. The summed E-state index contributed by atoms with van der Waals surface area (Å²) < 4.78 is 5.41. The van der Waals surface area contributed by atoms with Crippen LogP contribution in [0.25, 0.3) is 0 Å². The highest BCUT2D eigenvalue weighted by Crippen LogP contribution is 2.33. The van der Waals surface area contributed by atoms with Gasteiger partial charge < -0.3 is 9.84 Å². The van der Waals surface area contributed by atoms with Crippen LogP contribution in [0, 0.1) is 0 Å². The fourth-order valence-electron chi connectivity index (χ4n) is 2.18. The van der Waals surface area contributed by atoms with Gasteiger partial charge in [0.15, 0.2) is 0 Å². The van der Waals surface area contributed by atoms with Gasteiger partial charge >= 0.3 is 6.09 Å². The number of piperidine rings is 1. The third-order valence-corrected chi connectivity index (χ3v) is 3.78. The third kappa shape index (κ3) is 3.45. The summed E-state index contributed by atoms with van der Waals surface area (Å²) >= 11 is 1.45. The normalized spacial score (nSPS) is 24.3. The van der Waals surface area contributed by atoms with Gasteiger partial charge in [0.05, 0.1) is 6.10 Å². The summed E-state index contributed by atoms with van der Waals surface area (Å²) in [4.78, 5) is 18.1. The maximum absolute atomic E-state index is 12.2. The number of rotatable bonds is 1. The average Bonchev–Trinajstić information content (AvgIpc) is 2.79. The van der Waals surface area contributed by atoms with Crippen LogP contribution >= 0.6 is 11.3 Å². The second-order valence-electron chi connectivity index (χ2n) is 5.70. The van der Waals surface area contributed by atoms with Gasteiger partial charge in [-0.15, -0.1) is 11.3 Å². The fourth-order valence-corrected chi connectivity index (χ4v) is 2.99. The molecule has 0 aliphatic carbocycles. The van der Waals surface area contributed by atoms with Crippen LogP contribution in [0.4, 0.5) is 4.79 Å². The van der Waals surface area contributed by atoms with E-state index >= 15 is 0 Å². The molecule has 5 nitrogen and oxygen atoms in total. The highest BCUT2D eigenvalue weighted by molar-refractivity contribution is 7.09. The number of hydrogen-bond donors (Lipinski definition) is 1. The fraction of sp³-hybridized carbons (Fsp3) is 0.692. The monoisotopic (exact) mass is 284 g/mol. The summed E-state index contributed by atoms with van der Waals surface area (Å²) in [6.07, 6.45) is 2.19. The molecule has 1 aliphatic rings. The molecule has 2 rings (SSSR count). The maximum atomic E-state index is 12.2. The molecule has 2 heterocycles. The molecule has 1 aromatic rings. The first-order chi connectivity index (χ1) is 8.88. The van der Waals surface area contributed by atoms with Gasteiger partial charge in [-0.2, -0.15) is 0 Å². The molecule has 6 heteroatoms. The molecular weight excluding hydrogens is 264 g/mol. The largest absolute Gasteiger partial charge is 0.444 e. The molecule has 0 bridgehead atoms. The lowest BCUT2D eigenvalue weighted by Crippen LogP contribution is -2.47. The molecule has 0 aromatic carbocycles. The summed E-state index contributed by atoms with van der Waals surface area (Å²) in [7, 11) is 0. The van der Waals surface area contributed by atoms with E-state index in [4.69, 9.17) is 4.74 Å². The second kappa shape index (κ2) is 5.46. The molecule has 2 unspecified atom stereocenters. The lowest BCUT2D eigenvalue weighted by molar-refractivity contribution is -0.0239. The molecule has 19 heavy (non-hydrogen) atoms. The maximum Gasteiger partial charge on any atom is 0.410 e. The van der Waals surface area contributed by atoms with Crippen molar-refractivity contribution in [2.45, 2.75) is 51.4 Å². The first kappa shape index (κ1) is 14.3. The Bertz CT molecular complexity index is 428. The molecule has 0 radical (unpaired) electrons. The minimum Gasteiger partial charge on any atom is -0.444 e. The number of aliphatic hydroxyl groups is 1. The molecular formula is C13H20N2O3S. The van der Waals surface area contributed by atoms with E-state index in [0.717, 1.165) is 11.4 Å². The number of carbonyl (C=O) groups is 1. The Morgan fingerprint density at radius 2 is 2.32 bits per heavy atom. The highest BCUT2D eigenvalue weighted by Gasteiger charge is 2.38. The molecule has 1 saturated heterocycles. The standard InChI is InChI=1S/C13H20N2O3S/c1-13(2,3)18-12(17)15-7-4-5-9(16)10(15)11-14-6-8-19-11/h6,8-10,16H,4-5,7H2,1-3H3. The van der Waals surface area contributed by atoms with E-state index in [1.165, 1.54) is 11.3 Å². The first-order valence-electron chi connectivity index (χ1n) is 6.45. The van der Waals surface area contributed by atoms with Crippen LogP contribution < -0.4 is 0 Å². The van der Waals surface area contributed by atoms with Crippen molar-refractivity contribution in [2.24, 2.45) is 0 Å². The minimum absolute atomic E-state index is 0.383. The van der Waals surface area contributed by atoms with Crippen LogP contribution in [0.3, 0.4) is 0 Å². The number of ether oxygens (including phenoxy) is 1. The number of carbonyl (C=O) groups excluding carboxylic acids is 1.